The summed E-state index contributed by atoms with van der Waals surface area (Å²) in [6, 6.07) is 16.8. The fourth-order valence-electron chi connectivity index (χ4n) is 3.69. The molecule has 4 aromatic rings. The third kappa shape index (κ3) is 5.47. The van der Waals surface area contributed by atoms with E-state index in [0.29, 0.717) is 28.7 Å². The van der Waals surface area contributed by atoms with Gasteiger partial charge in [0.1, 0.15) is 5.69 Å². The molecule has 36 heavy (non-hydrogen) atoms. The first-order chi connectivity index (χ1) is 17.2. The number of sulfone groups is 1. The molecule has 9 heteroatoms. The van der Waals surface area contributed by atoms with Crippen molar-refractivity contribution in [1.29, 1.82) is 0 Å². The molecule has 2 heterocycles. The van der Waals surface area contributed by atoms with Crippen LogP contribution in [0.3, 0.4) is 0 Å². The number of nitrogens with one attached hydrogen (secondary N) is 2. The summed E-state index contributed by atoms with van der Waals surface area (Å²) in [7, 11) is -1.44. The second-order valence-electron chi connectivity index (χ2n) is 9.17. The van der Waals surface area contributed by atoms with Gasteiger partial charge >= 0.3 is 0 Å². The Kier molecular flexibility index (Phi) is 7.51. The van der Waals surface area contributed by atoms with E-state index < -0.39 is 15.1 Å². The Balaban J connectivity index is 1.70. The van der Waals surface area contributed by atoms with Gasteiger partial charge in [-0.1, -0.05) is 41.6 Å². The standard InChI is InChI=1S/C27H31N5O3S/c1-17(2)30-27-26(25-14-23(32-35-25)20-8-6-19(7-9-20)15-28-5)31-24(16-29-27)21-10-12-22(13-11-21)36(33,34)18(3)4/h6-14,16-18,28H,15H2,1-5H3,(H,29,30). The summed E-state index contributed by atoms with van der Waals surface area (Å²) in [4.78, 5) is 9.71. The largest absolute Gasteiger partial charge is 0.366 e. The second kappa shape index (κ2) is 10.6. The molecule has 0 saturated heterocycles. The Bertz CT molecular complexity index is 1430. The van der Waals surface area contributed by atoms with E-state index in [1.54, 1.807) is 44.3 Å². The number of benzene rings is 2. The molecular formula is C27H31N5O3S. The highest BCUT2D eigenvalue weighted by Crippen LogP contribution is 2.31. The van der Waals surface area contributed by atoms with Crippen molar-refractivity contribution in [1.82, 2.24) is 20.4 Å². The molecule has 0 aliphatic rings. The second-order valence-corrected chi connectivity index (χ2v) is 11.7. The molecule has 8 nitrogen and oxygen atoms in total. The maximum absolute atomic E-state index is 12.5. The molecule has 188 valence electrons. The van der Waals surface area contributed by atoms with Gasteiger partial charge < -0.3 is 15.2 Å². The molecule has 2 aromatic carbocycles. The van der Waals surface area contributed by atoms with Crippen molar-refractivity contribution >= 4 is 15.7 Å². The monoisotopic (exact) mass is 505 g/mol. The van der Waals surface area contributed by atoms with Crippen molar-refractivity contribution in [3.05, 3.63) is 66.4 Å². The molecule has 0 bridgehead atoms. The minimum absolute atomic E-state index is 0.131. The summed E-state index contributed by atoms with van der Waals surface area (Å²) in [6.45, 7) is 8.17. The average molecular weight is 506 g/mol. The van der Waals surface area contributed by atoms with Crippen LogP contribution in [0.4, 0.5) is 5.82 Å². The summed E-state index contributed by atoms with van der Waals surface area (Å²) in [5.41, 5.74) is 4.70. The zero-order valence-electron chi connectivity index (χ0n) is 21.1. The van der Waals surface area contributed by atoms with Crippen LogP contribution in [0.15, 0.2) is 70.2 Å². The van der Waals surface area contributed by atoms with E-state index in [1.165, 1.54) is 5.56 Å². The van der Waals surface area contributed by atoms with Crippen molar-refractivity contribution in [2.24, 2.45) is 0 Å². The molecule has 0 atom stereocenters. The summed E-state index contributed by atoms with van der Waals surface area (Å²) in [5.74, 6) is 1.07. The molecule has 0 radical (unpaired) electrons. The molecule has 0 amide bonds. The Labute approximate surface area is 212 Å². The van der Waals surface area contributed by atoms with Gasteiger partial charge in [-0.05, 0) is 52.4 Å². The van der Waals surface area contributed by atoms with Gasteiger partial charge in [-0.15, -0.1) is 0 Å². The molecule has 4 rings (SSSR count). The fraction of sp³-hybridized carbons (Fsp3) is 0.296. The number of rotatable bonds is 9. The topological polar surface area (TPSA) is 110 Å². The maximum Gasteiger partial charge on any atom is 0.189 e. The minimum Gasteiger partial charge on any atom is -0.366 e. The Morgan fingerprint density at radius 2 is 1.56 bits per heavy atom. The van der Waals surface area contributed by atoms with Crippen LogP contribution in [0.2, 0.25) is 0 Å². The first kappa shape index (κ1) is 25.5. The molecule has 0 saturated carbocycles. The predicted octanol–water partition coefficient (Wildman–Crippen LogP) is 5.19. The van der Waals surface area contributed by atoms with E-state index in [2.05, 4.69) is 32.9 Å². The van der Waals surface area contributed by atoms with Crippen LogP contribution in [0.1, 0.15) is 33.3 Å². The van der Waals surface area contributed by atoms with Gasteiger partial charge in [-0.2, -0.15) is 0 Å². The molecule has 0 unspecified atom stereocenters. The van der Waals surface area contributed by atoms with Crippen molar-refractivity contribution in [3.8, 4) is 34.0 Å². The number of hydrogen-bond donors (Lipinski definition) is 2. The quantitative estimate of drug-likeness (QED) is 0.320. The van der Waals surface area contributed by atoms with Crippen LogP contribution in [-0.4, -0.2) is 41.9 Å². The SMILES string of the molecule is CNCc1ccc(-c2cc(-c3nc(-c4ccc(S(=O)(=O)C(C)C)cc4)cnc3NC(C)C)on2)cc1. The molecule has 0 spiro atoms. The van der Waals surface area contributed by atoms with E-state index >= 15 is 0 Å². The van der Waals surface area contributed by atoms with Gasteiger partial charge in [0.05, 0.1) is 22.0 Å². The van der Waals surface area contributed by atoms with Crippen molar-refractivity contribution < 1.29 is 12.9 Å². The van der Waals surface area contributed by atoms with Crippen LogP contribution < -0.4 is 10.6 Å². The van der Waals surface area contributed by atoms with Crippen molar-refractivity contribution in [3.63, 3.8) is 0 Å². The van der Waals surface area contributed by atoms with Gasteiger partial charge in [-0.25, -0.2) is 18.4 Å². The average Bonchev–Trinajstić information content (AvgIpc) is 3.35. The van der Waals surface area contributed by atoms with Crippen molar-refractivity contribution in [2.75, 3.05) is 12.4 Å². The normalized spacial score (nSPS) is 11.9. The number of anilines is 1. The highest BCUT2D eigenvalue weighted by Gasteiger charge is 2.20. The number of aromatic nitrogens is 3. The highest BCUT2D eigenvalue weighted by molar-refractivity contribution is 7.92. The van der Waals surface area contributed by atoms with Gasteiger partial charge in [0.15, 0.2) is 27.1 Å². The zero-order valence-corrected chi connectivity index (χ0v) is 21.9. The number of hydrogen-bond acceptors (Lipinski definition) is 8. The van der Waals surface area contributed by atoms with Crippen molar-refractivity contribution in [2.45, 2.75) is 50.4 Å². The van der Waals surface area contributed by atoms with E-state index in [1.807, 2.05) is 39.1 Å². The van der Waals surface area contributed by atoms with E-state index in [-0.39, 0.29) is 10.9 Å². The third-order valence-electron chi connectivity index (χ3n) is 5.67. The van der Waals surface area contributed by atoms with Crippen LogP contribution >= 0.6 is 0 Å². The van der Waals surface area contributed by atoms with Crippen LogP contribution in [0.25, 0.3) is 34.0 Å². The van der Waals surface area contributed by atoms with E-state index in [0.717, 1.165) is 17.7 Å². The lowest BCUT2D eigenvalue weighted by Gasteiger charge is -2.13. The minimum atomic E-state index is -3.35. The van der Waals surface area contributed by atoms with Gasteiger partial charge in [0.25, 0.3) is 0 Å². The van der Waals surface area contributed by atoms with E-state index in [9.17, 15) is 8.42 Å². The lowest BCUT2D eigenvalue weighted by atomic mass is 10.1. The van der Waals surface area contributed by atoms with Crippen LogP contribution in [0, 0.1) is 0 Å². The maximum atomic E-state index is 12.5. The van der Waals surface area contributed by atoms with Gasteiger partial charge in [-0.3, -0.25) is 0 Å². The zero-order chi connectivity index (χ0) is 25.9. The molecular weight excluding hydrogens is 474 g/mol. The lowest BCUT2D eigenvalue weighted by molar-refractivity contribution is 0.433. The summed E-state index contributed by atoms with van der Waals surface area (Å²) < 4.78 is 30.7. The van der Waals surface area contributed by atoms with Crippen LogP contribution in [-0.2, 0) is 16.4 Å². The third-order valence-corrected chi connectivity index (χ3v) is 7.84. The molecule has 0 aliphatic carbocycles. The lowest BCUT2D eigenvalue weighted by Crippen LogP contribution is -2.14. The fourth-order valence-corrected chi connectivity index (χ4v) is 4.75. The Morgan fingerprint density at radius 1 is 0.917 bits per heavy atom. The van der Waals surface area contributed by atoms with E-state index in [4.69, 9.17) is 9.51 Å². The van der Waals surface area contributed by atoms with Gasteiger partial charge in [0, 0.05) is 29.8 Å². The van der Waals surface area contributed by atoms with Gasteiger partial charge in [0.2, 0.25) is 0 Å². The van der Waals surface area contributed by atoms with Crippen LogP contribution in [0.5, 0.6) is 0 Å². The molecule has 2 N–H and O–H groups in total. The predicted molar refractivity (Wildman–Crippen MR) is 142 cm³/mol. The molecule has 0 fully saturated rings. The summed E-state index contributed by atoms with van der Waals surface area (Å²) in [6.07, 6.45) is 1.66. The molecule has 0 aliphatic heterocycles. The highest BCUT2D eigenvalue weighted by atomic mass is 32.2. The Morgan fingerprint density at radius 3 is 2.17 bits per heavy atom. The Hall–Kier alpha value is -3.56. The molecule has 2 aromatic heterocycles. The first-order valence-corrected chi connectivity index (χ1v) is 13.4. The summed E-state index contributed by atoms with van der Waals surface area (Å²) in [5, 5.41) is 10.2. The summed E-state index contributed by atoms with van der Waals surface area (Å²) >= 11 is 0. The first-order valence-electron chi connectivity index (χ1n) is 11.9. The smallest absolute Gasteiger partial charge is 0.189 e. The number of nitrogens with zero attached hydrogens (tertiary/aromatic N) is 3.